The van der Waals surface area contributed by atoms with E-state index < -0.39 is 58.4 Å². The van der Waals surface area contributed by atoms with Gasteiger partial charge in [-0.1, -0.05) is 30.3 Å². The van der Waals surface area contributed by atoms with E-state index in [0.29, 0.717) is 62.4 Å². The minimum Gasteiger partial charge on any atom is -0.382 e. The van der Waals surface area contributed by atoms with Crippen LogP contribution in [-0.4, -0.2) is 158 Å². The van der Waals surface area contributed by atoms with Gasteiger partial charge in [-0.2, -0.15) is 13.2 Å². The number of pyridine rings is 1. The maximum atomic E-state index is 13.9. The van der Waals surface area contributed by atoms with Crippen molar-refractivity contribution in [3.63, 3.8) is 0 Å². The van der Waals surface area contributed by atoms with Gasteiger partial charge in [-0.3, -0.25) is 53.6 Å². The van der Waals surface area contributed by atoms with Crippen molar-refractivity contribution < 1.29 is 46.7 Å². The highest BCUT2D eigenvalue weighted by atomic mass is 19.4. The average Bonchev–Trinajstić information content (AvgIpc) is 3.59. The smallest absolute Gasteiger partial charge is 0.382 e. The molecular weight excluding hydrogens is 914 g/mol. The van der Waals surface area contributed by atoms with Gasteiger partial charge in [0.05, 0.1) is 46.8 Å². The first kappa shape index (κ1) is 49.5. The van der Waals surface area contributed by atoms with Crippen LogP contribution in [0.5, 0.6) is 0 Å². The van der Waals surface area contributed by atoms with Gasteiger partial charge in [-0.25, -0.2) is 0 Å². The zero-order chi connectivity index (χ0) is 49.5. The summed E-state index contributed by atoms with van der Waals surface area (Å²) in [6.07, 6.45) is -3.85. The molecule has 0 spiro atoms. The first-order chi connectivity index (χ1) is 33.6. The molecule has 1 aromatic heterocycles. The second-order valence-electron chi connectivity index (χ2n) is 17.7. The van der Waals surface area contributed by atoms with Gasteiger partial charge in [0.15, 0.2) is 0 Å². The molecule has 1 atom stereocenters. The third-order valence-electron chi connectivity index (χ3n) is 12.9. The Morgan fingerprint density at radius 1 is 0.800 bits per heavy atom. The first-order valence-corrected chi connectivity index (χ1v) is 23.3. The number of benzene rings is 3. The summed E-state index contributed by atoms with van der Waals surface area (Å²) in [7, 11) is 2.01. The average molecular weight is 969 g/mol. The molecule has 370 valence electrons. The van der Waals surface area contributed by atoms with Crippen LogP contribution >= 0.6 is 0 Å². The fraction of sp³-hybridized carbons (Fsp3) is 0.408. The molecule has 70 heavy (non-hydrogen) atoms. The van der Waals surface area contributed by atoms with Crippen LogP contribution in [0.3, 0.4) is 0 Å². The summed E-state index contributed by atoms with van der Waals surface area (Å²) in [6.45, 7) is 8.69. The highest BCUT2D eigenvalue weighted by molar-refractivity contribution is 6.25. The predicted molar refractivity (Wildman–Crippen MR) is 253 cm³/mol. The number of hydrogen-bond acceptors (Lipinski definition) is 13. The van der Waals surface area contributed by atoms with Gasteiger partial charge in [0.25, 0.3) is 17.7 Å². The Labute approximate surface area is 401 Å². The van der Waals surface area contributed by atoms with Crippen molar-refractivity contribution in [1.82, 2.24) is 35.2 Å². The van der Waals surface area contributed by atoms with Gasteiger partial charge in [-0.15, -0.1) is 0 Å². The minimum absolute atomic E-state index is 0.0325. The number of nitrogens with zero attached hydrogens (tertiary/aromatic N) is 5. The Kier molecular flexibility index (Phi) is 15.4. The Balaban J connectivity index is 0.767. The number of carbonyl (C=O) groups is 6. The number of imide groups is 2. The summed E-state index contributed by atoms with van der Waals surface area (Å²) in [5.74, 6) is -3.44. The fourth-order valence-electron chi connectivity index (χ4n) is 9.13. The molecule has 3 aromatic carbocycles. The number of piperazine rings is 2. The van der Waals surface area contributed by atoms with Gasteiger partial charge in [0.2, 0.25) is 23.3 Å². The van der Waals surface area contributed by atoms with E-state index in [1.807, 2.05) is 37.4 Å². The molecular formula is C49H55F3N10O8. The lowest BCUT2D eigenvalue weighted by Crippen LogP contribution is -2.54. The van der Waals surface area contributed by atoms with Crippen molar-refractivity contribution in [3.8, 4) is 11.1 Å². The fourth-order valence-corrected chi connectivity index (χ4v) is 9.13. The normalized spacial score (nSPS) is 18.2. The van der Waals surface area contributed by atoms with E-state index in [1.165, 1.54) is 6.07 Å². The van der Waals surface area contributed by atoms with Crippen molar-refractivity contribution in [1.29, 1.82) is 0 Å². The second-order valence-corrected chi connectivity index (χ2v) is 17.7. The lowest BCUT2D eigenvalue weighted by atomic mass is 10.0. The molecule has 4 aliphatic heterocycles. The lowest BCUT2D eigenvalue weighted by molar-refractivity contribution is -0.138. The molecule has 0 aliphatic carbocycles. The van der Waals surface area contributed by atoms with Gasteiger partial charge in [0.1, 0.15) is 6.04 Å². The zero-order valence-corrected chi connectivity index (χ0v) is 38.7. The van der Waals surface area contributed by atoms with Crippen LogP contribution in [0.2, 0.25) is 0 Å². The molecule has 3 saturated heterocycles. The number of likely N-dealkylation sites (N-methyl/N-ethyl adjacent to an activating group) is 1. The van der Waals surface area contributed by atoms with Crippen molar-refractivity contribution in [2.24, 2.45) is 0 Å². The van der Waals surface area contributed by atoms with E-state index in [0.717, 1.165) is 67.1 Å². The van der Waals surface area contributed by atoms with Crippen LogP contribution in [0.15, 0.2) is 77.7 Å². The van der Waals surface area contributed by atoms with Crippen molar-refractivity contribution >= 4 is 52.5 Å². The summed E-state index contributed by atoms with van der Waals surface area (Å²) in [5, 5.41) is 11.0. The van der Waals surface area contributed by atoms with E-state index in [4.69, 9.17) is 4.74 Å². The van der Waals surface area contributed by atoms with Gasteiger partial charge >= 0.3 is 6.18 Å². The number of halogens is 3. The van der Waals surface area contributed by atoms with E-state index in [9.17, 15) is 46.7 Å². The number of aromatic nitrogens is 1. The number of amides is 6. The van der Waals surface area contributed by atoms with Crippen molar-refractivity contribution in [3.05, 3.63) is 111 Å². The lowest BCUT2D eigenvalue weighted by Gasteiger charge is -2.35. The molecule has 8 rings (SSSR count). The van der Waals surface area contributed by atoms with Crippen LogP contribution in [0.4, 0.5) is 30.2 Å². The van der Waals surface area contributed by atoms with Crippen LogP contribution in [0.25, 0.3) is 11.1 Å². The van der Waals surface area contributed by atoms with Gasteiger partial charge < -0.3 is 35.5 Å². The maximum Gasteiger partial charge on any atom is 0.417 e. The number of anilines is 3. The second kappa shape index (κ2) is 21.8. The van der Waals surface area contributed by atoms with Crippen LogP contribution in [-0.2, 0) is 31.8 Å². The minimum atomic E-state index is -4.91. The molecule has 0 saturated carbocycles. The number of H-pyrrole nitrogens is 1. The summed E-state index contributed by atoms with van der Waals surface area (Å²) in [4.78, 5) is 100. The molecule has 0 bridgehead atoms. The maximum absolute atomic E-state index is 13.9. The molecule has 21 heteroatoms. The number of piperidine rings is 1. The molecule has 6 amide bonds. The molecule has 3 fully saturated rings. The van der Waals surface area contributed by atoms with Crippen LogP contribution in [0, 0.1) is 0 Å². The molecule has 4 aromatic rings. The molecule has 5 N–H and O–H groups in total. The number of rotatable bonds is 17. The Morgan fingerprint density at radius 3 is 2.30 bits per heavy atom. The van der Waals surface area contributed by atoms with Gasteiger partial charge in [0, 0.05) is 109 Å². The van der Waals surface area contributed by atoms with Crippen LogP contribution < -0.4 is 31.7 Å². The number of hydrogen-bond donors (Lipinski definition) is 5. The predicted octanol–water partition coefficient (Wildman–Crippen LogP) is 3.22. The van der Waals surface area contributed by atoms with E-state index in [-0.39, 0.29) is 49.5 Å². The topological polar surface area (TPSA) is 209 Å². The summed E-state index contributed by atoms with van der Waals surface area (Å²) < 4.78 is 47.4. The molecule has 1 unspecified atom stereocenters. The number of carbonyl (C=O) groups excluding carboxylic acids is 6. The number of fused-ring (bicyclic) bond motifs is 1. The highest BCUT2D eigenvalue weighted by Gasteiger charge is 2.45. The quantitative estimate of drug-likeness (QED) is 0.0762. The summed E-state index contributed by atoms with van der Waals surface area (Å²) in [5.41, 5.74) is 1.57. The van der Waals surface area contributed by atoms with Crippen molar-refractivity contribution in [2.75, 3.05) is 108 Å². The monoisotopic (exact) mass is 968 g/mol. The van der Waals surface area contributed by atoms with E-state index >= 15 is 0 Å². The first-order valence-electron chi connectivity index (χ1n) is 23.3. The molecule has 18 nitrogen and oxygen atoms in total. The summed E-state index contributed by atoms with van der Waals surface area (Å²) in [6, 6.07) is 17.8. The summed E-state index contributed by atoms with van der Waals surface area (Å²) >= 11 is 0. The SMILES string of the molecule is CN1CCN(c2ccc(-c3cccc(CN4CCN(CCNC(=O)CCOCCNc5cccc6c5C(=O)N(C5CCC(=O)NC5=O)C6=O)CC4)c3)cc2NC(=O)c2c[nH]c(=O)cc2C(F)(F)F)CC1. The third-order valence-corrected chi connectivity index (χ3v) is 12.9. The van der Waals surface area contributed by atoms with Crippen LogP contribution in [0.1, 0.15) is 61.5 Å². The Bertz CT molecular complexity index is 2700. The highest BCUT2D eigenvalue weighted by Crippen LogP contribution is 2.36. The van der Waals surface area contributed by atoms with E-state index in [2.05, 4.69) is 51.9 Å². The zero-order valence-electron chi connectivity index (χ0n) is 38.7. The Morgan fingerprint density at radius 2 is 1.54 bits per heavy atom. The number of aromatic amines is 1. The molecule has 4 aliphatic rings. The third kappa shape index (κ3) is 11.7. The van der Waals surface area contributed by atoms with Gasteiger partial charge in [-0.05, 0) is 60.5 Å². The largest absolute Gasteiger partial charge is 0.417 e. The number of ether oxygens (including phenoxy) is 1. The molecule has 0 radical (unpaired) electrons. The standard InChI is InChI=1S/C49H55F3N10O8/c1-58-16-22-61(23-17-58)39-9-8-33(27-38(39)56-45(66)35-29-55-43(65)28-36(35)49(50,51)52)32-5-2-4-31(26-32)30-60-20-18-59(19-21-60)15-13-54-41(63)12-24-70-25-14-53-37-7-3-6-34-44(37)48(69)62(47(34)68)40-10-11-42(64)57-46(40)67/h2-9,26-29,40,53H,10-25,30H2,1H3,(H,54,63)(H,55,65)(H,56,66)(H,57,64,67). The van der Waals surface area contributed by atoms with Crippen molar-refractivity contribution in [2.45, 2.75) is 38.0 Å². The van der Waals surface area contributed by atoms with E-state index in [1.54, 1.807) is 18.2 Å². The molecule has 5 heterocycles. The number of nitrogens with one attached hydrogen (secondary N) is 5. The Hall–Kier alpha value is -6.94. The number of alkyl halides is 3.